The highest BCUT2D eigenvalue weighted by molar-refractivity contribution is 7.71. The zero-order chi connectivity index (χ0) is 12.4. The van der Waals surface area contributed by atoms with Crippen LogP contribution < -0.4 is 4.90 Å². The van der Waals surface area contributed by atoms with Gasteiger partial charge in [0.1, 0.15) is 0 Å². The minimum Gasteiger partial charge on any atom is -0.376 e. The number of nitrogens with zero attached hydrogens (tertiary/aromatic N) is 3. The Morgan fingerprint density at radius 2 is 2.41 bits per heavy atom. The Bertz CT molecular complexity index is 419. The van der Waals surface area contributed by atoms with Gasteiger partial charge in [0.05, 0.1) is 6.10 Å². The van der Waals surface area contributed by atoms with Crippen LogP contribution in [0.2, 0.25) is 0 Å². The van der Waals surface area contributed by atoms with E-state index in [1.54, 1.807) is 0 Å². The number of ether oxygens (including phenoxy) is 1. The van der Waals surface area contributed by atoms with Gasteiger partial charge < -0.3 is 9.64 Å². The lowest BCUT2D eigenvalue weighted by atomic mass is 10.2. The second-order valence-corrected chi connectivity index (χ2v) is 5.19. The van der Waals surface area contributed by atoms with Crippen molar-refractivity contribution in [3.63, 3.8) is 0 Å². The maximum Gasteiger partial charge on any atom is 0.225 e. The fraction of sp³-hybridized carbons (Fsp3) is 0.818. The van der Waals surface area contributed by atoms with Crippen molar-refractivity contribution in [2.45, 2.75) is 38.8 Å². The highest BCUT2D eigenvalue weighted by Gasteiger charge is 2.20. The molecule has 1 fully saturated rings. The quantitative estimate of drug-likeness (QED) is 0.838. The van der Waals surface area contributed by atoms with Crippen LogP contribution >= 0.6 is 12.2 Å². The van der Waals surface area contributed by atoms with E-state index < -0.39 is 0 Å². The minimum atomic E-state index is 0.309. The van der Waals surface area contributed by atoms with Gasteiger partial charge in [-0.05, 0) is 38.9 Å². The summed E-state index contributed by atoms with van der Waals surface area (Å²) in [7, 11) is 2.03. The first-order valence-corrected chi connectivity index (χ1v) is 6.50. The van der Waals surface area contributed by atoms with E-state index in [0.29, 0.717) is 16.9 Å². The lowest BCUT2D eigenvalue weighted by Crippen LogP contribution is -2.31. The fourth-order valence-electron chi connectivity index (χ4n) is 2.21. The van der Waals surface area contributed by atoms with E-state index in [-0.39, 0.29) is 0 Å². The minimum absolute atomic E-state index is 0.309. The number of likely N-dealkylation sites (N-methyl/N-ethyl adjacent to an activating group) is 1. The molecule has 0 bridgehead atoms. The first-order valence-electron chi connectivity index (χ1n) is 6.09. The van der Waals surface area contributed by atoms with E-state index in [4.69, 9.17) is 17.0 Å². The second kappa shape index (κ2) is 5.18. The third-order valence-corrected chi connectivity index (χ3v) is 3.33. The number of H-pyrrole nitrogens is 1. The van der Waals surface area contributed by atoms with Crippen LogP contribution in [-0.4, -0.2) is 41.1 Å². The molecule has 1 atom stereocenters. The van der Waals surface area contributed by atoms with Crippen molar-refractivity contribution in [3.8, 4) is 0 Å². The van der Waals surface area contributed by atoms with Gasteiger partial charge in [-0.1, -0.05) is 0 Å². The van der Waals surface area contributed by atoms with Crippen LogP contribution in [-0.2, 0) is 4.74 Å². The SMILES string of the molecule is CC(C)n1c(N(C)CC2CCCO2)n[nH]c1=S. The molecule has 0 aliphatic carbocycles. The van der Waals surface area contributed by atoms with Gasteiger partial charge in [-0.3, -0.25) is 4.57 Å². The summed E-state index contributed by atoms with van der Waals surface area (Å²) in [4.78, 5) is 2.11. The largest absolute Gasteiger partial charge is 0.376 e. The molecule has 96 valence electrons. The Morgan fingerprint density at radius 3 is 3.00 bits per heavy atom. The van der Waals surface area contributed by atoms with E-state index in [0.717, 1.165) is 31.9 Å². The molecule has 1 aromatic heterocycles. The number of aromatic nitrogens is 3. The lowest BCUT2D eigenvalue weighted by molar-refractivity contribution is 0.116. The summed E-state index contributed by atoms with van der Waals surface area (Å²) >= 11 is 5.24. The Kier molecular flexibility index (Phi) is 3.83. The predicted octanol–water partition coefficient (Wildman–Crippen LogP) is 2.14. The van der Waals surface area contributed by atoms with Gasteiger partial charge in [-0.2, -0.15) is 0 Å². The van der Waals surface area contributed by atoms with Gasteiger partial charge in [0.2, 0.25) is 5.95 Å². The summed E-state index contributed by atoms with van der Waals surface area (Å²) in [6, 6.07) is 0.309. The highest BCUT2D eigenvalue weighted by atomic mass is 32.1. The summed E-state index contributed by atoms with van der Waals surface area (Å²) in [5.74, 6) is 0.889. The van der Waals surface area contributed by atoms with Crippen molar-refractivity contribution in [1.82, 2.24) is 14.8 Å². The smallest absolute Gasteiger partial charge is 0.225 e. The second-order valence-electron chi connectivity index (χ2n) is 4.81. The maximum absolute atomic E-state index is 5.64. The van der Waals surface area contributed by atoms with Gasteiger partial charge in [-0.25, -0.2) is 5.10 Å². The monoisotopic (exact) mass is 256 g/mol. The number of hydrogen-bond acceptors (Lipinski definition) is 4. The normalized spacial score (nSPS) is 20.1. The number of rotatable bonds is 4. The molecule has 1 aliphatic rings. The topological polar surface area (TPSA) is 46.1 Å². The van der Waals surface area contributed by atoms with Crippen molar-refractivity contribution >= 4 is 18.2 Å². The Morgan fingerprint density at radius 1 is 1.65 bits per heavy atom. The van der Waals surface area contributed by atoms with Gasteiger partial charge in [0, 0.05) is 26.2 Å². The van der Waals surface area contributed by atoms with Crippen LogP contribution in [0.25, 0.3) is 0 Å². The van der Waals surface area contributed by atoms with Crippen LogP contribution in [0.15, 0.2) is 0 Å². The molecule has 2 rings (SSSR count). The molecule has 6 heteroatoms. The molecule has 0 saturated carbocycles. The Hall–Kier alpha value is -0.880. The molecule has 0 amide bonds. The lowest BCUT2D eigenvalue weighted by Gasteiger charge is -2.23. The van der Waals surface area contributed by atoms with Crippen molar-refractivity contribution in [3.05, 3.63) is 4.77 Å². The van der Waals surface area contributed by atoms with E-state index >= 15 is 0 Å². The van der Waals surface area contributed by atoms with Gasteiger partial charge in [-0.15, -0.1) is 5.10 Å². The van der Waals surface area contributed by atoms with Gasteiger partial charge >= 0.3 is 0 Å². The van der Waals surface area contributed by atoms with Crippen molar-refractivity contribution in [1.29, 1.82) is 0 Å². The predicted molar refractivity (Wildman–Crippen MR) is 70.0 cm³/mol. The standard InChI is InChI=1S/C11H20N4OS/c1-8(2)15-10(12-13-11(15)17)14(3)7-9-5-4-6-16-9/h8-9H,4-7H2,1-3H3,(H,13,17). The average molecular weight is 256 g/mol. The molecular weight excluding hydrogens is 236 g/mol. The van der Waals surface area contributed by atoms with Crippen LogP contribution in [0.4, 0.5) is 5.95 Å². The molecule has 1 unspecified atom stereocenters. The molecule has 1 saturated heterocycles. The molecule has 0 radical (unpaired) electrons. The maximum atomic E-state index is 5.64. The third-order valence-electron chi connectivity index (χ3n) is 3.05. The third kappa shape index (κ3) is 2.69. The average Bonchev–Trinajstić information content (AvgIpc) is 2.86. The first kappa shape index (κ1) is 12.6. The number of aromatic amines is 1. The fourth-order valence-corrected chi connectivity index (χ4v) is 2.54. The molecule has 0 spiro atoms. The summed E-state index contributed by atoms with van der Waals surface area (Å²) in [5.41, 5.74) is 0. The highest BCUT2D eigenvalue weighted by Crippen LogP contribution is 2.19. The zero-order valence-corrected chi connectivity index (χ0v) is 11.5. The van der Waals surface area contributed by atoms with Crippen molar-refractivity contribution < 1.29 is 4.74 Å². The summed E-state index contributed by atoms with van der Waals surface area (Å²) in [5, 5.41) is 7.15. The summed E-state index contributed by atoms with van der Waals surface area (Å²) in [6.07, 6.45) is 2.62. The number of nitrogens with one attached hydrogen (secondary N) is 1. The van der Waals surface area contributed by atoms with E-state index in [9.17, 15) is 0 Å². The van der Waals surface area contributed by atoms with E-state index in [2.05, 4.69) is 28.9 Å². The van der Waals surface area contributed by atoms with Crippen LogP contribution in [0.1, 0.15) is 32.7 Å². The molecular formula is C11H20N4OS. The Labute approximate surface area is 107 Å². The summed E-state index contributed by atoms with van der Waals surface area (Å²) < 4.78 is 8.34. The molecule has 5 nitrogen and oxygen atoms in total. The molecule has 1 N–H and O–H groups in total. The molecule has 2 heterocycles. The Balaban J connectivity index is 2.12. The van der Waals surface area contributed by atoms with E-state index in [1.807, 2.05) is 11.6 Å². The number of hydrogen-bond donors (Lipinski definition) is 1. The van der Waals surface area contributed by atoms with Crippen molar-refractivity contribution in [2.75, 3.05) is 25.1 Å². The first-order chi connectivity index (χ1) is 8.09. The molecule has 1 aromatic rings. The number of anilines is 1. The van der Waals surface area contributed by atoms with Crippen LogP contribution in [0.5, 0.6) is 0 Å². The summed E-state index contributed by atoms with van der Waals surface area (Å²) in [6.45, 7) is 5.96. The zero-order valence-electron chi connectivity index (χ0n) is 10.6. The van der Waals surface area contributed by atoms with Crippen LogP contribution in [0, 0.1) is 4.77 Å². The molecule has 17 heavy (non-hydrogen) atoms. The van der Waals surface area contributed by atoms with E-state index in [1.165, 1.54) is 0 Å². The van der Waals surface area contributed by atoms with Crippen molar-refractivity contribution in [2.24, 2.45) is 0 Å². The molecule has 0 aromatic carbocycles. The molecule has 1 aliphatic heterocycles. The van der Waals surface area contributed by atoms with Gasteiger partial charge in [0.25, 0.3) is 0 Å². The van der Waals surface area contributed by atoms with Crippen LogP contribution in [0.3, 0.4) is 0 Å². The van der Waals surface area contributed by atoms with Gasteiger partial charge in [0.15, 0.2) is 4.77 Å².